The molecule has 2 aromatic rings. The Morgan fingerprint density at radius 3 is 2.62 bits per heavy atom. The summed E-state index contributed by atoms with van der Waals surface area (Å²) >= 11 is 0. The molecule has 0 aliphatic carbocycles. The van der Waals surface area contributed by atoms with Gasteiger partial charge in [0, 0.05) is 30.9 Å². The van der Waals surface area contributed by atoms with Crippen molar-refractivity contribution in [1.82, 2.24) is 0 Å². The Kier molecular flexibility index (Phi) is 5.49. The number of hydrogen-bond acceptors (Lipinski definition) is 3. The number of amides is 1. The molecule has 126 valence electrons. The van der Waals surface area contributed by atoms with Gasteiger partial charge in [0.15, 0.2) is 0 Å². The van der Waals surface area contributed by atoms with Gasteiger partial charge >= 0.3 is 0 Å². The van der Waals surface area contributed by atoms with Gasteiger partial charge in [-0.3, -0.25) is 4.79 Å². The van der Waals surface area contributed by atoms with E-state index in [0.717, 1.165) is 31.8 Å². The number of rotatable bonds is 5. The smallest absolute Gasteiger partial charge is 0.224 e. The largest absolute Gasteiger partial charge is 0.375 e. The van der Waals surface area contributed by atoms with E-state index >= 15 is 0 Å². The van der Waals surface area contributed by atoms with Crippen molar-refractivity contribution in [3.05, 3.63) is 60.2 Å². The molecule has 0 spiro atoms. The van der Waals surface area contributed by atoms with Gasteiger partial charge in [0.25, 0.3) is 0 Å². The van der Waals surface area contributed by atoms with Crippen molar-refractivity contribution in [2.24, 2.45) is 0 Å². The van der Waals surface area contributed by atoms with Crippen LogP contribution in [-0.4, -0.2) is 31.7 Å². The molecular formula is C20H24N2O2. The second kappa shape index (κ2) is 7.97. The molecule has 1 fully saturated rings. The van der Waals surface area contributed by atoms with Crippen LogP contribution in [0.2, 0.25) is 0 Å². The predicted octanol–water partition coefficient (Wildman–Crippen LogP) is 3.48. The number of carbonyl (C=O) groups excluding carboxylic acids is 1. The third-order valence-corrected chi connectivity index (χ3v) is 4.24. The number of aryl methyl sites for hydroxylation is 1. The summed E-state index contributed by atoms with van der Waals surface area (Å²) in [5, 5.41) is 2.97. The van der Waals surface area contributed by atoms with Gasteiger partial charge in [-0.15, -0.1) is 0 Å². The summed E-state index contributed by atoms with van der Waals surface area (Å²) in [5.41, 5.74) is 3.20. The van der Waals surface area contributed by atoms with Crippen molar-refractivity contribution >= 4 is 17.3 Å². The fourth-order valence-electron chi connectivity index (χ4n) is 2.93. The van der Waals surface area contributed by atoms with Crippen molar-refractivity contribution in [2.45, 2.75) is 25.9 Å². The summed E-state index contributed by atoms with van der Waals surface area (Å²) in [5.74, 6) is 0.0478. The van der Waals surface area contributed by atoms with E-state index in [9.17, 15) is 4.79 Å². The van der Waals surface area contributed by atoms with Gasteiger partial charge in [0.2, 0.25) is 5.91 Å². The number of ether oxygens (including phenoxy) is 1. The highest BCUT2D eigenvalue weighted by Crippen LogP contribution is 2.20. The molecule has 1 atom stereocenters. The molecular weight excluding hydrogens is 300 g/mol. The van der Waals surface area contributed by atoms with Crippen LogP contribution in [0.4, 0.5) is 11.4 Å². The average Bonchev–Trinajstić information content (AvgIpc) is 2.61. The lowest BCUT2D eigenvalue weighted by Crippen LogP contribution is -2.41. The third kappa shape index (κ3) is 4.59. The van der Waals surface area contributed by atoms with Crippen molar-refractivity contribution in [3.63, 3.8) is 0 Å². The molecule has 0 saturated carbocycles. The van der Waals surface area contributed by atoms with Crippen molar-refractivity contribution in [3.8, 4) is 0 Å². The Morgan fingerprint density at radius 2 is 1.92 bits per heavy atom. The first-order valence-corrected chi connectivity index (χ1v) is 8.51. The first kappa shape index (κ1) is 16.5. The van der Waals surface area contributed by atoms with E-state index < -0.39 is 0 Å². The van der Waals surface area contributed by atoms with Gasteiger partial charge in [-0.25, -0.2) is 0 Å². The molecule has 2 aromatic carbocycles. The minimum Gasteiger partial charge on any atom is -0.375 e. The summed E-state index contributed by atoms with van der Waals surface area (Å²) < 4.78 is 5.57. The monoisotopic (exact) mass is 324 g/mol. The molecule has 3 rings (SSSR count). The fourth-order valence-corrected chi connectivity index (χ4v) is 2.93. The van der Waals surface area contributed by atoms with E-state index in [0.29, 0.717) is 6.42 Å². The van der Waals surface area contributed by atoms with Gasteiger partial charge in [-0.05, 0) is 43.2 Å². The quantitative estimate of drug-likeness (QED) is 0.915. The molecule has 24 heavy (non-hydrogen) atoms. The number of anilines is 2. The Bertz CT molecular complexity index is 655. The maximum atomic E-state index is 12.1. The Labute approximate surface area is 143 Å². The summed E-state index contributed by atoms with van der Waals surface area (Å²) in [6.45, 7) is 4.67. The number of carbonyl (C=O) groups is 1. The topological polar surface area (TPSA) is 41.6 Å². The molecule has 0 bridgehead atoms. The highest BCUT2D eigenvalue weighted by molar-refractivity contribution is 5.91. The maximum absolute atomic E-state index is 12.1. The lowest BCUT2D eigenvalue weighted by atomic mass is 10.1. The van der Waals surface area contributed by atoms with E-state index in [1.807, 2.05) is 42.5 Å². The van der Waals surface area contributed by atoms with E-state index in [2.05, 4.69) is 29.3 Å². The first-order valence-electron chi connectivity index (χ1n) is 8.51. The third-order valence-electron chi connectivity index (χ3n) is 4.24. The Morgan fingerprint density at radius 1 is 1.17 bits per heavy atom. The van der Waals surface area contributed by atoms with Gasteiger partial charge in [-0.1, -0.05) is 30.3 Å². The van der Waals surface area contributed by atoms with Crippen LogP contribution in [0, 0.1) is 0 Å². The molecule has 0 radical (unpaired) electrons. The van der Waals surface area contributed by atoms with Crippen LogP contribution in [0.15, 0.2) is 54.6 Å². The summed E-state index contributed by atoms with van der Waals surface area (Å²) in [4.78, 5) is 14.4. The second-order valence-corrected chi connectivity index (χ2v) is 6.21. The van der Waals surface area contributed by atoms with Crippen molar-refractivity contribution < 1.29 is 9.53 Å². The van der Waals surface area contributed by atoms with Crippen molar-refractivity contribution in [1.29, 1.82) is 0 Å². The van der Waals surface area contributed by atoms with Crippen molar-refractivity contribution in [2.75, 3.05) is 29.9 Å². The number of benzene rings is 2. The molecule has 1 N–H and O–H groups in total. The predicted molar refractivity (Wildman–Crippen MR) is 97.5 cm³/mol. The van der Waals surface area contributed by atoms with Crippen LogP contribution < -0.4 is 10.2 Å². The molecule has 1 saturated heterocycles. The van der Waals surface area contributed by atoms with E-state index in [-0.39, 0.29) is 12.0 Å². The van der Waals surface area contributed by atoms with Gasteiger partial charge in [0.05, 0.1) is 12.7 Å². The highest BCUT2D eigenvalue weighted by Gasteiger charge is 2.16. The normalized spacial score (nSPS) is 17.5. The zero-order valence-corrected chi connectivity index (χ0v) is 14.1. The minimum atomic E-state index is 0.0478. The molecule has 1 heterocycles. The molecule has 4 heteroatoms. The summed E-state index contributed by atoms with van der Waals surface area (Å²) in [7, 11) is 0. The number of morpholine rings is 1. The second-order valence-electron chi connectivity index (χ2n) is 6.21. The van der Waals surface area contributed by atoms with Crippen LogP contribution in [0.1, 0.15) is 18.9 Å². The van der Waals surface area contributed by atoms with Crippen LogP contribution >= 0.6 is 0 Å². The van der Waals surface area contributed by atoms with Gasteiger partial charge in [-0.2, -0.15) is 0 Å². The molecule has 1 aliphatic heterocycles. The van der Waals surface area contributed by atoms with Gasteiger partial charge < -0.3 is 15.0 Å². The standard InChI is InChI=1S/C20H24N2O2/c1-16-15-22(13-14-24-16)19-10-8-18(9-11-19)21-20(23)12-7-17-5-3-2-4-6-17/h2-6,8-11,16H,7,12-15H2,1H3,(H,21,23). The van der Waals surface area contributed by atoms with E-state index in [4.69, 9.17) is 4.74 Å². The van der Waals surface area contributed by atoms with E-state index in [1.165, 1.54) is 11.3 Å². The SMILES string of the molecule is CC1CN(c2ccc(NC(=O)CCc3ccccc3)cc2)CCO1. The average molecular weight is 324 g/mol. The van der Waals surface area contributed by atoms with Crippen LogP contribution in [-0.2, 0) is 16.0 Å². The molecule has 1 aliphatic rings. The first-order chi connectivity index (χ1) is 11.7. The summed E-state index contributed by atoms with van der Waals surface area (Å²) in [6, 6.07) is 18.1. The minimum absolute atomic E-state index is 0.0478. The van der Waals surface area contributed by atoms with Gasteiger partial charge in [0.1, 0.15) is 0 Å². The van der Waals surface area contributed by atoms with Crippen LogP contribution in [0.3, 0.4) is 0 Å². The van der Waals surface area contributed by atoms with Crippen LogP contribution in [0.25, 0.3) is 0 Å². The Balaban J connectivity index is 1.51. The van der Waals surface area contributed by atoms with E-state index in [1.54, 1.807) is 0 Å². The Hall–Kier alpha value is -2.33. The maximum Gasteiger partial charge on any atom is 0.224 e. The number of nitrogens with one attached hydrogen (secondary N) is 1. The fraction of sp³-hybridized carbons (Fsp3) is 0.350. The molecule has 0 aromatic heterocycles. The highest BCUT2D eigenvalue weighted by atomic mass is 16.5. The molecule has 4 nitrogen and oxygen atoms in total. The lowest BCUT2D eigenvalue weighted by molar-refractivity contribution is -0.116. The number of hydrogen-bond donors (Lipinski definition) is 1. The van der Waals surface area contributed by atoms with Crippen LogP contribution in [0.5, 0.6) is 0 Å². The summed E-state index contributed by atoms with van der Waals surface area (Å²) in [6.07, 6.45) is 1.51. The molecule has 1 amide bonds. The zero-order valence-electron chi connectivity index (χ0n) is 14.1. The molecule has 1 unspecified atom stereocenters. The lowest BCUT2D eigenvalue weighted by Gasteiger charge is -2.33. The zero-order chi connectivity index (χ0) is 16.8. The number of nitrogens with zero attached hydrogens (tertiary/aromatic N) is 1.